The lowest BCUT2D eigenvalue weighted by Gasteiger charge is -2.06. The SMILES string of the molecule is CNNC(=O)CCCCc1cc(Br)ccc1C. The van der Waals surface area contributed by atoms with Crippen LogP contribution in [0, 0.1) is 6.92 Å². The number of carbonyl (C=O) groups is 1. The zero-order chi connectivity index (χ0) is 12.7. The Kier molecular flexibility index (Phi) is 6.22. The molecule has 1 aromatic rings. The minimum absolute atomic E-state index is 0.0541. The Labute approximate surface area is 111 Å². The van der Waals surface area contributed by atoms with Crippen molar-refractivity contribution in [1.29, 1.82) is 0 Å². The first kappa shape index (κ1) is 14.2. The van der Waals surface area contributed by atoms with E-state index in [-0.39, 0.29) is 5.91 Å². The zero-order valence-corrected chi connectivity index (χ0v) is 11.9. The van der Waals surface area contributed by atoms with Crippen LogP contribution in [0.25, 0.3) is 0 Å². The van der Waals surface area contributed by atoms with Crippen LogP contribution in [-0.4, -0.2) is 13.0 Å². The molecule has 17 heavy (non-hydrogen) atoms. The lowest BCUT2D eigenvalue weighted by Crippen LogP contribution is -2.33. The van der Waals surface area contributed by atoms with Gasteiger partial charge in [-0.2, -0.15) is 0 Å². The van der Waals surface area contributed by atoms with Gasteiger partial charge in [0.1, 0.15) is 0 Å². The van der Waals surface area contributed by atoms with Crippen molar-refractivity contribution in [1.82, 2.24) is 10.9 Å². The number of hydrazine groups is 1. The molecule has 1 amide bonds. The number of unbranched alkanes of at least 4 members (excludes halogenated alkanes) is 1. The van der Waals surface area contributed by atoms with Gasteiger partial charge in [0.2, 0.25) is 5.91 Å². The monoisotopic (exact) mass is 298 g/mol. The molecule has 0 aliphatic heterocycles. The van der Waals surface area contributed by atoms with E-state index < -0.39 is 0 Å². The number of rotatable bonds is 6. The van der Waals surface area contributed by atoms with Crippen LogP contribution in [0.4, 0.5) is 0 Å². The zero-order valence-electron chi connectivity index (χ0n) is 10.3. The van der Waals surface area contributed by atoms with Crippen molar-refractivity contribution in [2.75, 3.05) is 7.05 Å². The Bertz CT molecular complexity index is 380. The first-order valence-corrected chi connectivity index (χ1v) is 6.63. The number of halogens is 1. The van der Waals surface area contributed by atoms with E-state index in [1.54, 1.807) is 7.05 Å². The summed E-state index contributed by atoms with van der Waals surface area (Å²) in [5, 5.41) is 0. The van der Waals surface area contributed by atoms with Crippen LogP contribution >= 0.6 is 15.9 Å². The molecule has 0 heterocycles. The van der Waals surface area contributed by atoms with E-state index in [1.165, 1.54) is 11.1 Å². The van der Waals surface area contributed by atoms with Gasteiger partial charge in [-0.05, 0) is 49.4 Å². The second-order valence-electron chi connectivity index (χ2n) is 4.08. The molecular formula is C13H19BrN2O. The fourth-order valence-electron chi connectivity index (χ4n) is 1.71. The molecule has 0 saturated heterocycles. The van der Waals surface area contributed by atoms with Crippen LogP contribution in [0.15, 0.2) is 22.7 Å². The molecule has 3 nitrogen and oxygen atoms in total. The summed E-state index contributed by atoms with van der Waals surface area (Å²) in [6, 6.07) is 6.33. The highest BCUT2D eigenvalue weighted by Gasteiger charge is 2.02. The molecular weight excluding hydrogens is 280 g/mol. The maximum absolute atomic E-state index is 11.2. The van der Waals surface area contributed by atoms with Gasteiger partial charge < -0.3 is 0 Å². The first-order valence-electron chi connectivity index (χ1n) is 5.84. The highest BCUT2D eigenvalue weighted by Crippen LogP contribution is 2.18. The second kappa shape index (κ2) is 7.45. The molecule has 0 aromatic heterocycles. The number of carbonyl (C=O) groups excluding carboxylic acids is 1. The standard InChI is InChI=1S/C13H19BrN2O/c1-10-7-8-12(14)9-11(10)5-3-4-6-13(17)16-15-2/h7-9,15H,3-6H2,1-2H3,(H,16,17). The molecule has 0 bridgehead atoms. The molecule has 1 aromatic carbocycles. The van der Waals surface area contributed by atoms with Gasteiger partial charge in [0.25, 0.3) is 0 Å². The molecule has 0 aliphatic rings. The molecule has 0 spiro atoms. The summed E-state index contributed by atoms with van der Waals surface area (Å²) in [6.07, 6.45) is 3.56. The van der Waals surface area contributed by atoms with E-state index in [4.69, 9.17) is 0 Å². The van der Waals surface area contributed by atoms with E-state index in [0.717, 1.165) is 23.7 Å². The summed E-state index contributed by atoms with van der Waals surface area (Å²) < 4.78 is 1.12. The number of amides is 1. The van der Waals surface area contributed by atoms with Crippen molar-refractivity contribution in [3.63, 3.8) is 0 Å². The van der Waals surface area contributed by atoms with Crippen LogP contribution in [0.5, 0.6) is 0 Å². The van der Waals surface area contributed by atoms with Crippen LogP contribution in [0.3, 0.4) is 0 Å². The Morgan fingerprint density at radius 3 is 2.82 bits per heavy atom. The average Bonchev–Trinajstić information content (AvgIpc) is 2.29. The molecule has 0 atom stereocenters. The van der Waals surface area contributed by atoms with Crippen molar-refractivity contribution in [2.24, 2.45) is 0 Å². The third-order valence-electron chi connectivity index (χ3n) is 2.68. The summed E-state index contributed by atoms with van der Waals surface area (Å²) in [5.41, 5.74) is 7.87. The number of benzene rings is 1. The van der Waals surface area contributed by atoms with Gasteiger partial charge in [-0.25, -0.2) is 5.43 Å². The molecule has 0 saturated carbocycles. The smallest absolute Gasteiger partial charge is 0.234 e. The molecule has 0 radical (unpaired) electrons. The van der Waals surface area contributed by atoms with Gasteiger partial charge >= 0.3 is 0 Å². The number of hydrogen-bond donors (Lipinski definition) is 2. The van der Waals surface area contributed by atoms with Gasteiger partial charge in [0, 0.05) is 17.9 Å². The summed E-state index contributed by atoms with van der Waals surface area (Å²) in [5.74, 6) is 0.0541. The Morgan fingerprint density at radius 1 is 1.35 bits per heavy atom. The average molecular weight is 299 g/mol. The molecule has 0 aliphatic carbocycles. The van der Waals surface area contributed by atoms with Gasteiger partial charge in [0.15, 0.2) is 0 Å². The first-order chi connectivity index (χ1) is 8.13. The number of aryl methyl sites for hydroxylation is 2. The fourth-order valence-corrected chi connectivity index (χ4v) is 2.12. The molecule has 1 rings (SSSR count). The van der Waals surface area contributed by atoms with Crippen molar-refractivity contribution in [3.8, 4) is 0 Å². The second-order valence-corrected chi connectivity index (χ2v) is 4.99. The highest BCUT2D eigenvalue weighted by atomic mass is 79.9. The van der Waals surface area contributed by atoms with Crippen LogP contribution in [0.2, 0.25) is 0 Å². The third kappa shape index (κ3) is 5.33. The Balaban J connectivity index is 2.31. The van der Waals surface area contributed by atoms with Crippen molar-refractivity contribution in [3.05, 3.63) is 33.8 Å². The van der Waals surface area contributed by atoms with E-state index in [0.29, 0.717) is 6.42 Å². The van der Waals surface area contributed by atoms with Gasteiger partial charge in [-0.1, -0.05) is 22.0 Å². The van der Waals surface area contributed by atoms with Crippen molar-refractivity contribution < 1.29 is 4.79 Å². The van der Waals surface area contributed by atoms with Crippen molar-refractivity contribution in [2.45, 2.75) is 32.6 Å². The largest absolute Gasteiger partial charge is 0.292 e. The molecule has 0 unspecified atom stereocenters. The molecule has 2 N–H and O–H groups in total. The normalized spacial score (nSPS) is 10.3. The maximum atomic E-state index is 11.2. The lowest BCUT2D eigenvalue weighted by atomic mass is 10.0. The van der Waals surface area contributed by atoms with E-state index in [9.17, 15) is 4.79 Å². The summed E-state index contributed by atoms with van der Waals surface area (Å²) in [4.78, 5) is 11.2. The Hall–Kier alpha value is -0.870. The van der Waals surface area contributed by atoms with Crippen LogP contribution in [-0.2, 0) is 11.2 Å². The van der Waals surface area contributed by atoms with E-state index in [2.05, 4.69) is 51.9 Å². The third-order valence-corrected chi connectivity index (χ3v) is 3.17. The van der Waals surface area contributed by atoms with E-state index in [1.807, 2.05) is 0 Å². The Morgan fingerprint density at radius 2 is 2.12 bits per heavy atom. The fraction of sp³-hybridized carbons (Fsp3) is 0.462. The molecule has 4 heteroatoms. The lowest BCUT2D eigenvalue weighted by molar-refractivity contribution is -0.122. The van der Waals surface area contributed by atoms with Crippen LogP contribution in [0.1, 0.15) is 30.4 Å². The topological polar surface area (TPSA) is 41.1 Å². The van der Waals surface area contributed by atoms with Crippen molar-refractivity contribution >= 4 is 21.8 Å². The number of nitrogens with one attached hydrogen (secondary N) is 2. The maximum Gasteiger partial charge on any atom is 0.234 e. The molecule has 0 fully saturated rings. The summed E-state index contributed by atoms with van der Waals surface area (Å²) in [6.45, 7) is 2.12. The quantitative estimate of drug-likeness (QED) is 0.626. The predicted octanol–water partition coefficient (Wildman–Crippen LogP) is 2.72. The number of hydrogen-bond acceptors (Lipinski definition) is 2. The summed E-state index contributed by atoms with van der Waals surface area (Å²) >= 11 is 3.48. The van der Waals surface area contributed by atoms with Crippen LogP contribution < -0.4 is 10.9 Å². The molecule has 94 valence electrons. The van der Waals surface area contributed by atoms with E-state index >= 15 is 0 Å². The van der Waals surface area contributed by atoms with Gasteiger partial charge in [0.05, 0.1) is 0 Å². The minimum Gasteiger partial charge on any atom is -0.292 e. The minimum atomic E-state index is 0.0541. The van der Waals surface area contributed by atoms with Gasteiger partial charge in [-0.15, -0.1) is 0 Å². The predicted molar refractivity (Wildman–Crippen MR) is 73.6 cm³/mol. The van der Waals surface area contributed by atoms with Gasteiger partial charge in [-0.3, -0.25) is 10.2 Å². The highest BCUT2D eigenvalue weighted by molar-refractivity contribution is 9.10. The summed E-state index contributed by atoms with van der Waals surface area (Å²) in [7, 11) is 1.70.